The smallest absolute Gasteiger partial charge is 0.290 e. The largest absolute Gasteiger partial charge is 0.464 e. The summed E-state index contributed by atoms with van der Waals surface area (Å²) in [7, 11) is 0. The number of hydrogen-bond donors (Lipinski definition) is 0. The predicted molar refractivity (Wildman–Crippen MR) is 112 cm³/mol. The van der Waals surface area contributed by atoms with Crippen molar-refractivity contribution < 1.29 is 18.4 Å². The number of rotatable bonds is 9. The highest BCUT2D eigenvalue weighted by Gasteiger charge is 2.36. The fourth-order valence-electron chi connectivity index (χ4n) is 3.50. The lowest BCUT2D eigenvalue weighted by Crippen LogP contribution is -2.44. The van der Waals surface area contributed by atoms with Crippen LogP contribution in [0.5, 0.6) is 0 Å². The molecule has 0 saturated heterocycles. The van der Waals surface area contributed by atoms with E-state index in [0.717, 1.165) is 36.3 Å². The molecule has 1 aliphatic rings. The third-order valence-corrected chi connectivity index (χ3v) is 5.29. The Morgan fingerprint density at radius 3 is 2.47 bits per heavy atom. The van der Waals surface area contributed by atoms with Crippen molar-refractivity contribution in [2.75, 3.05) is 13.1 Å². The number of carbonyl (C=O) groups is 2. The van der Waals surface area contributed by atoms with Crippen LogP contribution in [0.1, 0.15) is 40.5 Å². The highest BCUT2D eigenvalue weighted by molar-refractivity contribution is 5.94. The van der Waals surface area contributed by atoms with E-state index < -0.39 is 0 Å². The summed E-state index contributed by atoms with van der Waals surface area (Å²) in [6, 6.07) is 17.3. The third kappa shape index (κ3) is 5.00. The van der Waals surface area contributed by atoms with Crippen LogP contribution >= 0.6 is 0 Å². The topological polar surface area (TPSA) is 66.9 Å². The van der Waals surface area contributed by atoms with Gasteiger partial charge < -0.3 is 18.6 Å². The van der Waals surface area contributed by atoms with Crippen LogP contribution in [0.4, 0.5) is 0 Å². The molecule has 6 nitrogen and oxygen atoms in total. The van der Waals surface area contributed by atoms with Gasteiger partial charge in [0, 0.05) is 12.6 Å². The molecule has 0 atom stereocenters. The van der Waals surface area contributed by atoms with Gasteiger partial charge in [0.1, 0.15) is 18.1 Å². The van der Waals surface area contributed by atoms with Gasteiger partial charge in [-0.15, -0.1) is 0 Å². The molecule has 156 valence electrons. The maximum atomic E-state index is 13.3. The maximum absolute atomic E-state index is 13.3. The molecular weight excluding hydrogens is 380 g/mol. The lowest BCUT2D eigenvalue weighted by molar-refractivity contribution is -0.133. The zero-order chi connectivity index (χ0) is 20.9. The van der Waals surface area contributed by atoms with Gasteiger partial charge in [-0.25, -0.2) is 0 Å². The summed E-state index contributed by atoms with van der Waals surface area (Å²) in [6.07, 6.45) is 4.05. The number of amides is 2. The third-order valence-electron chi connectivity index (χ3n) is 5.29. The second-order valence-corrected chi connectivity index (χ2v) is 7.70. The van der Waals surface area contributed by atoms with Crippen molar-refractivity contribution in [1.29, 1.82) is 0 Å². The van der Waals surface area contributed by atoms with E-state index in [1.54, 1.807) is 21.9 Å². The van der Waals surface area contributed by atoms with Crippen LogP contribution in [0.3, 0.4) is 0 Å². The number of furan rings is 2. The Morgan fingerprint density at radius 2 is 1.83 bits per heavy atom. The molecular formula is C24H26N2O4. The van der Waals surface area contributed by atoms with Crippen molar-refractivity contribution in [2.24, 2.45) is 0 Å². The molecule has 3 aromatic rings. The first-order valence-electron chi connectivity index (χ1n) is 10.3. The number of hydrogen-bond acceptors (Lipinski definition) is 4. The highest BCUT2D eigenvalue weighted by atomic mass is 16.3. The molecule has 0 bridgehead atoms. The number of aryl methyl sites for hydroxylation is 1. The minimum atomic E-state index is -0.229. The Hall–Kier alpha value is -3.28. The number of benzene rings is 1. The quantitative estimate of drug-likeness (QED) is 0.538. The molecule has 2 amide bonds. The Morgan fingerprint density at radius 1 is 1.03 bits per heavy atom. The van der Waals surface area contributed by atoms with Gasteiger partial charge in [-0.2, -0.15) is 0 Å². The second kappa shape index (κ2) is 9.03. The first-order valence-corrected chi connectivity index (χ1v) is 10.3. The molecule has 0 unspecified atom stereocenters. The van der Waals surface area contributed by atoms with Crippen LogP contribution in [-0.4, -0.2) is 40.7 Å². The van der Waals surface area contributed by atoms with E-state index in [-0.39, 0.29) is 30.2 Å². The molecule has 30 heavy (non-hydrogen) atoms. The Labute approximate surface area is 176 Å². The lowest BCUT2D eigenvalue weighted by Gasteiger charge is -2.27. The van der Waals surface area contributed by atoms with Crippen molar-refractivity contribution in [2.45, 2.75) is 38.8 Å². The standard InChI is InChI=1S/C24H26N2O4/c1-18-9-12-21(30-18)16-25(14-13-19-6-3-2-4-7-19)23(27)17-26(20-10-11-20)24(28)22-8-5-15-29-22/h2-9,12,15,20H,10-11,13-14,16-17H2,1H3. The van der Waals surface area contributed by atoms with Gasteiger partial charge in [-0.3, -0.25) is 9.59 Å². The second-order valence-electron chi connectivity index (χ2n) is 7.70. The zero-order valence-corrected chi connectivity index (χ0v) is 17.1. The van der Waals surface area contributed by atoms with E-state index in [9.17, 15) is 9.59 Å². The van der Waals surface area contributed by atoms with Gasteiger partial charge >= 0.3 is 0 Å². The van der Waals surface area contributed by atoms with Gasteiger partial charge in [-0.05, 0) is 56.0 Å². The highest BCUT2D eigenvalue weighted by Crippen LogP contribution is 2.28. The predicted octanol–water partition coefficient (Wildman–Crippen LogP) is 4.06. The summed E-state index contributed by atoms with van der Waals surface area (Å²) in [5, 5.41) is 0. The minimum absolute atomic E-state index is 0.0404. The maximum Gasteiger partial charge on any atom is 0.290 e. The van der Waals surface area contributed by atoms with E-state index in [2.05, 4.69) is 12.1 Å². The number of carbonyl (C=O) groups excluding carboxylic acids is 2. The van der Waals surface area contributed by atoms with Crippen LogP contribution in [0, 0.1) is 6.92 Å². The summed E-state index contributed by atoms with van der Waals surface area (Å²) < 4.78 is 11.0. The van der Waals surface area contributed by atoms with Gasteiger partial charge in [0.25, 0.3) is 5.91 Å². The normalized spacial score (nSPS) is 13.2. The van der Waals surface area contributed by atoms with Gasteiger partial charge in [0.2, 0.25) is 5.91 Å². The van der Waals surface area contributed by atoms with Crippen molar-refractivity contribution in [1.82, 2.24) is 9.80 Å². The fraction of sp³-hybridized carbons (Fsp3) is 0.333. The van der Waals surface area contributed by atoms with E-state index in [0.29, 0.717) is 13.1 Å². The monoisotopic (exact) mass is 406 g/mol. The molecule has 1 fully saturated rings. The molecule has 0 spiro atoms. The average molecular weight is 406 g/mol. The molecule has 1 aliphatic carbocycles. The molecule has 6 heteroatoms. The van der Waals surface area contributed by atoms with Crippen LogP contribution < -0.4 is 0 Å². The van der Waals surface area contributed by atoms with Gasteiger partial charge in [0.15, 0.2) is 5.76 Å². The Balaban J connectivity index is 1.47. The Bertz CT molecular complexity index is 974. The first-order chi connectivity index (χ1) is 14.6. The fourth-order valence-corrected chi connectivity index (χ4v) is 3.50. The van der Waals surface area contributed by atoms with Crippen LogP contribution in [0.2, 0.25) is 0 Å². The summed E-state index contributed by atoms with van der Waals surface area (Å²) in [5.41, 5.74) is 1.16. The van der Waals surface area contributed by atoms with E-state index in [4.69, 9.17) is 8.83 Å². The molecule has 4 rings (SSSR count). The lowest BCUT2D eigenvalue weighted by atomic mass is 10.1. The van der Waals surface area contributed by atoms with Crippen LogP contribution in [0.25, 0.3) is 0 Å². The van der Waals surface area contributed by atoms with E-state index in [1.165, 1.54) is 6.26 Å². The van der Waals surface area contributed by atoms with Crippen molar-refractivity contribution in [3.05, 3.63) is 83.7 Å². The molecule has 0 aliphatic heterocycles. The number of nitrogens with zero attached hydrogens (tertiary/aromatic N) is 2. The minimum Gasteiger partial charge on any atom is -0.464 e. The van der Waals surface area contributed by atoms with E-state index >= 15 is 0 Å². The molecule has 1 aromatic carbocycles. The molecule has 1 saturated carbocycles. The van der Waals surface area contributed by atoms with Crippen LogP contribution in [0.15, 0.2) is 69.7 Å². The summed E-state index contributed by atoms with van der Waals surface area (Å²) in [4.78, 5) is 29.5. The molecule has 2 heterocycles. The van der Waals surface area contributed by atoms with Crippen molar-refractivity contribution >= 4 is 11.8 Å². The Kier molecular flexibility index (Phi) is 6.02. The van der Waals surface area contributed by atoms with Crippen LogP contribution in [-0.2, 0) is 17.8 Å². The van der Waals surface area contributed by atoms with E-state index in [1.807, 2.05) is 37.3 Å². The summed E-state index contributed by atoms with van der Waals surface area (Å²) in [5.74, 6) is 1.50. The molecule has 0 N–H and O–H groups in total. The average Bonchev–Trinajstić information content (AvgIpc) is 3.27. The molecule has 0 radical (unpaired) electrons. The van der Waals surface area contributed by atoms with Crippen molar-refractivity contribution in [3.63, 3.8) is 0 Å². The first kappa shape index (κ1) is 20.0. The summed E-state index contributed by atoms with van der Waals surface area (Å²) in [6.45, 7) is 2.86. The summed E-state index contributed by atoms with van der Waals surface area (Å²) >= 11 is 0. The van der Waals surface area contributed by atoms with Crippen molar-refractivity contribution in [3.8, 4) is 0 Å². The van der Waals surface area contributed by atoms with Gasteiger partial charge in [0.05, 0.1) is 12.8 Å². The SMILES string of the molecule is Cc1ccc(CN(CCc2ccccc2)C(=O)CN(C(=O)c2ccco2)C2CC2)o1. The molecule has 2 aromatic heterocycles. The zero-order valence-electron chi connectivity index (χ0n) is 17.1. The van der Waals surface area contributed by atoms with Gasteiger partial charge in [-0.1, -0.05) is 30.3 Å².